The van der Waals surface area contributed by atoms with Crippen LogP contribution in [0.15, 0.2) is 183 Å². The van der Waals surface area contributed by atoms with Gasteiger partial charge in [0, 0.05) is 111 Å². The zero-order valence-electron chi connectivity index (χ0n) is 78.5. The largest absolute Gasteiger partial charge is 0.507 e. The molecule has 5 atom stereocenters. The van der Waals surface area contributed by atoms with Crippen molar-refractivity contribution in [1.82, 2.24) is 49.4 Å². The Balaban J connectivity index is 0.000000168. The summed E-state index contributed by atoms with van der Waals surface area (Å²) in [4.78, 5) is 154. The van der Waals surface area contributed by atoms with Crippen molar-refractivity contribution < 1.29 is 127 Å². The molecular weight excluding hydrogens is 1880 g/mol. The maximum Gasteiger partial charge on any atom is 0.256 e. The Hall–Kier alpha value is -13.6. The highest BCUT2D eigenvalue weighted by molar-refractivity contribution is 7.99. The van der Waals surface area contributed by atoms with Gasteiger partial charge in [-0.2, -0.15) is 35.3 Å². The number of nitrogens with zero attached hydrogens (tertiary/aromatic N) is 10. The van der Waals surface area contributed by atoms with E-state index in [-0.39, 0.29) is 218 Å². The number of carbonyl (C=O) groups is 10. The first kappa shape index (κ1) is 108. The number of aromatic hydroxyl groups is 5. The molecule has 15 rings (SSSR count). The van der Waals surface area contributed by atoms with Gasteiger partial charge in [-0.1, -0.05) is 30.3 Å². The van der Waals surface area contributed by atoms with E-state index in [1.807, 2.05) is 0 Å². The Labute approximate surface area is 827 Å². The average Bonchev–Trinajstić information content (AvgIpc) is 0.816. The number of phenolic OH excluding ortho intramolecular Hbond substituents is 5. The number of hydrogen-bond acceptors (Lipinski definition) is 34. The minimum Gasteiger partial charge on any atom is -0.507 e. The van der Waals surface area contributed by atoms with Gasteiger partial charge in [0.25, 0.3) is 29.5 Å². The van der Waals surface area contributed by atoms with E-state index in [9.17, 15) is 99.0 Å². The van der Waals surface area contributed by atoms with Crippen molar-refractivity contribution in [3.05, 3.63) is 267 Å². The normalized spacial score (nSPS) is 16.6. The number of amides is 5. The zero-order valence-corrected chi connectivity index (χ0v) is 80.9. The Kier molecular flexibility index (Phi) is 41.0. The quantitative estimate of drug-likeness (QED) is 0.0180. The second-order valence-electron chi connectivity index (χ2n) is 32.7. The van der Waals surface area contributed by atoms with Gasteiger partial charge in [-0.3, -0.25) is 72.9 Å². The lowest BCUT2D eigenvalue weighted by Gasteiger charge is -2.36. The molecule has 0 aliphatic carbocycles. The van der Waals surface area contributed by atoms with Gasteiger partial charge in [-0.15, -0.1) is 0 Å². The zero-order chi connectivity index (χ0) is 101. The number of hydrogen-bond donors (Lipinski definition) is 10. The highest BCUT2D eigenvalue weighted by Crippen LogP contribution is 2.37. The third kappa shape index (κ3) is 28.4. The van der Waals surface area contributed by atoms with Gasteiger partial charge in [0.2, 0.25) is 0 Å². The highest BCUT2D eigenvalue weighted by Gasteiger charge is 2.37. The van der Waals surface area contributed by atoms with Crippen molar-refractivity contribution in [3.63, 3.8) is 0 Å². The monoisotopic (exact) mass is 1990 g/mol. The Morgan fingerprint density at radius 2 is 0.574 bits per heavy atom. The number of aliphatic hydroxyl groups is 5. The molecule has 5 amide bonds. The van der Waals surface area contributed by atoms with Crippen LogP contribution in [0.4, 0.5) is 0 Å². The number of pyridine rings is 5. The number of ketones is 5. The summed E-state index contributed by atoms with van der Waals surface area (Å²) in [6.45, 7) is 9.69. The van der Waals surface area contributed by atoms with E-state index in [0.717, 1.165) is 36.5 Å². The smallest absolute Gasteiger partial charge is 0.256 e. The van der Waals surface area contributed by atoms with E-state index in [1.54, 1.807) is 206 Å². The maximum atomic E-state index is 13.2. The molecule has 0 unspecified atom stereocenters. The van der Waals surface area contributed by atoms with Gasteiger partial charge in [0.15, 0.2) is 28.9 Å². The molecule has 5 fully saturated rings. The third-order valence-electron chi connectivity index (χ3n) is 23.3. The lowest BCUT2D eigenvalue weighted by molar-refractivity contribution is -0.0152. The van der Waals surface area contributed by atoms with Crippen molar-refractivity contribution in [2.24, 2.45) is 0 Å². The average molecular weight is 1990 g/mol. The summed E-state index contributed by atoms with van der Waals surface area (Å²) in [5, 5.41) is 96.9. The van der Waals surface area contributed by atoms with Crippen molar-refractivity contribution >= 4 is 93.7 Å². The number of aliphatic hydroxyl groups excluding tert-OH is 5. The van der Waals surface area contributed by atoms with Crippen molar-refractivity contribution in [3.8, 4) is 57.5 Å². The molecule has 5 aromatic carbocycles. The van der Waals surface area contributed by atoms with Gasteiger partial charge in [-0.25, -0.2) is 0 Å². The highest BCUT2D eigenvalue weighted by atomic mass is 32.2. The van der Waals surface area contributed by atoms with Crippen molar-refractivity contribution in [2.45, 2.75) is 117 Å². The van der Waals surface area contributed by atoms with Crippen LogP contribution >= 0.6 is 35.3 Å². The number of likely N-dealkylation sites (tertiary alicyclic amines) is 1. The van der Waals surface area contributed by atoms with Crippen LogP contribution in [0.5, 0.6) is 57.5 Å². The van der Waals surface area contributed by atoms with E-state index in [0.29, 0.717) is 142 Å². The molecule has 10 aromatic rings. The molecule has 0 spiro atoms. The van der Waals surface area contributed by atoms with Gasteiger partial charge in [-0.05, 0) is 175 Å². The number of rotatable bonds is 31. The van der Waals surface area contributed by atoms with Crippen LogP contribution in [0, 0.1) is 0 Å². The van der Waals surface area contributed by atoms with Crippen LogP contribution < -0.4 is 23.7 Å². The second-order valence-corrected chi connectivity index (χ2v) is 36.2. The number of aromatic nitrogens is 5. The molecular formula is C102H114N10O26S3. The first-order valence-corrected chi connectivity index (χ1v) is 49.0. The topological polar surface area (TPSA) is 509 Å². The molecule has 746 valence electrons. The Morgan fingerprint density at radius 1 is 0.319 bits per heavy atom. The SMILES string of the molecule is CC(=O)c1c(O)cccc1OC[C@@H]1CCCCN1C(=O)c1cccnc1CO.CC(=O)c1c(O)cccc1OC[C@@H]1COCCN1C(=O)c1cccnc1CO.CC(=O)c1c(O)cccc1OC[C@@H]1CSCCN1C(=O)c1cccnc1CO.CC(=O)c1c(O)cccc1OC[C@H]1CSCCN1C(=O)c1cccnc1CCO.CC(=O)c1c(O)cccc1OC[C@H]1CSCCN1C(=O)c1cccnc1CO. The summed E-state index contributed by atoms with van der Waals surface area (Å²) in [6, 6.07) is 38.9. The van der Waals surface area contributed by atoms with E-state index >= 15 is 0 Å². The van der Waals surface area contributed by atoms with Gasteiger partial charge in [0.05, 0.1) is 126 Å². The molecule has 5 aliphatic heterocycles. The number of benzene rings is 5. The van der Waals surface area contributed by atoms with Gasteiger partial charge >= 0.3 is 0 Å². The summed E-state index contributed by atoms with van der Waals surface area (Å²) < 4.78 is 34.7. The van der Waals surface area contributed by atoms with Crippen LogP contribution in [-0.4, -0.2) is 309 Å². The van der Waals surface area contributed by atoms with Crippen LogP contribution in [0.1, 0.15) is 186 Å². The predicted molar refractivity (Wildman–Crippen MR) is 524 cm³/mol. The fraction of sp³-hybridized carbons (Fsp3) is 0.363. The molecule has 36 nitrogen and oxygen atoms in total. The minimum atomic E-state index is -0.393. The number of Topliss-reactive ketones (excluding diaryl/α,β-unsaturated/α-hetero) is 5. The van der Waals surface area contributed by atoms with Crippen LogP contribution in [0.3, 0.4) is 0 Å². The molecule has 5 aliphatic rings. The second kappa shape index (κ2) is 53.7. The van der Waals surface area contributed by atoms with Crippen molar-refractivity contribution in [1.29, 1.82) is 0 Å². The number of piperidine rings is 1. The minimum absolute atomic E-state index is 0.0784. The van der Waals surface area contributed by atoms with Gasteiger partial charge in [0.1, 0.15) is 118 Å². The third-order valence-corrected chi connectivity index (χ3v) is 26.6. The van der Waals surface area contributed by atoms with Crippen LogP contribution in [0.2, 0.25) is 0 Å². The van der Waals surface area contributed by atoms with E-state index < -0.39 is 6.04 Å². The molecule has 39 heteroatoms. The molecule has 10 N–H and O–H groups in total. The summed E-state index contributed by atoms with van der Waals surface area (Å²) >= 11 is 5.18. The molecule has 5 aromatic heterocycles. The first-order valence-electron chi connectivity index (χ1n) is 45.5. The number of morpholine rings is 1. The van der Waals surface area contributed by atoms with E-state index in [2.05, 4.69) is 24.9 Å². The molecule has 0 saturated carbocycles. The fourth-order valence-electron chi connectivity index (χ4n) is 16.3. The fourth-order valence-corrected chi connectivity index (χ4v) is 19.4. The molecule has 5 saturated heterocycles. The summed E-state index contributed by atoms with van der Waals surface area (Å²) in [6.07, 6.45) is 10.7. The van der Waals surface area contributed by atoms with Crippen LogP contribution in [-0.2, 0) is 37.6 Å². The first-order chi connectivity index (χ1) is 68.1. The number of carbonyl (C=O) groups excluding carboxylic acids is 10. The number of ether oxygens (including phenoxy) is 6. The maximum absolute atomic E-state index is 13.2. The van der Waals surface area contributed by atoms with Crippen molar-refractivity contribution in [2.75, 3.05) is 120 Å². The summed E-state index contributed by atoms with van der Waals surface area (Å²) in [5.74, 6) is 2.88. The molecule has 0 radical (unpaired) electrons. The lowest BCUT2D eigenvalue weighted by atomic mass is 10.0. The van der Waals surface area contributed by atoms with Crippen LogP contribution in [0.25, 0.3) is 0 Å². The predicted octanol–water partition coefficient (Wildman–Crippen LogP) is 10.4. The molecule has 141 heavy (non-hydrogen) atoms. The summed E-state index contributed by atoms with van der Waals surface area (Å²) in [7, 11) is 0. The summed E-state index contributed by atoms with van der Waals surface area (Å²) in [5.41, 5.74) is 4.56. The van der Waals surface area contributed by atoms with E-state index in [4.69, 9.17) is 28.4 Å². The molecule has 0 bridgehead atoms. The molecule has 10 heterocycles. The Morgan fingerprint density at radius 3 is 0.851 bits per heavy atom. The Bertz CT molecular complexity index is 5470. The number of phenols is 5. The lowest BCUT2D eigenvalue weighted by Crippen LogP contribution is -2.51. The standard InChI is InChI=1S/C21H24N2O5S.C21H24N2O5.C20H22N2O6.2C20H22N2O5S/c1-14(25)20-18(26)5-2-6-19(20)28-12-15-13-29-11-9-23(15)21(27)16-4-3-8-22-17(16)7-10-24;1-14(25)20-18(26)8-4-9-19(20)28-13-15-6-2-3-11-23(15)21(27)16-7-5-10-22-17(16)12-24;1-13(24)19-17(25)5-2-6-18(19)28-12-14-11-27-9-8-22(14)20(26)15-4-3-7-21-16(15)10-23;2*1-13(24)19-17(25)5-2-6-18(19)27-11-14-12-28-9-8-22(14)20(26)15-4-3-7-21-16(15)10-23/h2-6,8,15,24,26H,7,9-13H2,1H3;4-5,7-10,15,24,26H,2-3,6,11-13H2,1H3;3*2-7,14,23,25H,8-12H2,1H3/t2*15-;3*14-/m00010/s1. The van der Waals surface area contributed by atoms with Gasteiger partial charge < -0.3 is 104 Å². The number of thioether (sulfide) groups is 3. The van der Waals surface area contributed by atoms with E-state index in [1.165, 1.54) is 71.1 Å².